The summed E-state index contributed by atoms with van der Waals surface area (Å²) in [5.74, 6) is -1.15. The number of rotatable bonds is 2. The van der Waals surface area contributed by atoms with Crippen LogP contribution in [0.15, 0.2) is 22.6 Å². The first-order chi connectivity index (χ1) is 7.61. The summed E-state index contributed by atoms with van der Waals surface area (Å²) in [6, 6.07) is 0. The molecule has 88 valence electrons. The van der Waals surface area contributed by atoms with E-state index in [2.05, 4.69) is 9.47 Å². The van der Waals surface area contributed by atoms with Crippen molar-refractivity contribution in [2.75, 3.05) is 20.0 Å². The van der Waals surface area contributed by atoms with Crippen LogP contribution in [-0.4, -0.2) is 36.1 Å². The Labute approximate surface area is 95.6 Å². The van der Waals surface area contributed by atoms with Gasteiger partial charge in [-0.15, -0.1) is 0 Å². The fourth-order valence-corrected chi connectivity index (χ4v) is 2.46. The Balaban J connectivity index is 3.28. The van der Waals surface area contributed by atoms with E-state index in [0.717, 1.165) is 0 Å². The number of hydrogen-bond donors (Lipinski definition) is 0. The van der Waals surface area contributed by atoms with Gasteiger partial charge in [-0.05, 0) is 6.42 Å². The molecule has 16 heavy (non-hydrogen) atoms. The van der Waals surface area contributed by atoms with Crippen molar-refractivity contribution in [3.63, 3.8) is 0 Å². The molecule has 5 nitrogen and oxygen atoms in total. The number of ether oxygens (including phenoxy) is 2. The molecule has 0 spiro atoms. The van der Waals surface area contributed by atoms with E-state index in [9.17, 15) is 13.8 Å². The van der Waals surface area contributed by atoms with E-state index in [1.165, 1.54) is 20.3 Å². The van der Waals surface area contributed by atoms with Gasteiger partial charge in [-0.3, -0.25) is 4.21 Å². The predicted octanol–water partition coefficient (Wildman–Crippen LogP) is 0.295. The maximum Gasteiger partial charge on any atom is 0.347 e. The summed E-state index contributed by atoms with van der Waals surface area (Å²) < 4.78 is 20.8. The van der Waals surface area contributed by atoms with Gasteiger partial charge in [0.25, 0.3) is 0 Å². The SMILES string of the molecule is COC(=O)C1=C(C(=O)OC)S(=O)CCC=C1. The van der Waals surface area contributed by atoms with Gasteiger partial charge in [-0.2, -0.15) is 0 Å². The monoisotopic (exact) mass is 244 g/mol. The fraction of sp³-hybridized carbons (Fsp3) is 0.400. The lowest BCUT2D eigenvalue weighted by Gasteiger charge is -2.06. The van der Waals surface area contributed by atoms with Crippen LogP contribution in [0.4, 0.5) is 0 Å². The van der Waals surface area contributed by atoms with Crippen molar-refractivity contribution in [2.45, 2.75) is 6.42 Å². The quantitative estimate of drug-likeness (QED) is 0.653. The molecule has 1 atom stereocenters. The molecule has 0 saturated carbocycles. The van der Waals surface area contributed by atoms with Crippen LogP contribution in [-0.2, 0) is 29.9 Å². The molecule has 1 rings (SSSR count). The van der Waals surface area contributed by atoms with E-state index >= 15 is 0 Å². The van der Waals surface area contributed by atoms with Gasteiger partial charge >= 0.3 is 11.9 Å². The molecule has 0 N–H and O–H groups in total. The Kier molecular flexibility index (Phi) is 4.42. The lowest BCUT2D eigenvalue weighted by atomic mass is 10.2. The summed E-state index contributed by atoms with van der Waals surface area (Å²) >= 11 is 0. The molecule has 1 aliphatic heterocycles. The normalized spacial score (nSPS) is 20.2. The van der Waals surface area contributed by atoms with Crippen LogP contribution in [0.2, 0.25) is 0 Å². The molecule has 0 aromatic carbocycles. The van der Waals surface area contributed by atoms with Crippen LogP contribution in [0.3, 0.4) is 0 Å². The maximum atomic E-state index is 11.8. The van der Waals surface area contributed by atoms with Crippen molar-refractivity contribution >= 4 is 22.7 Å². The van der Waals surface area contributed by atoms with Crippen LogP contribution in [0.25, 0.3) is 0 Å². The first-order valence-corrected chi connectivity index (χ1v) is 5.89. The second kappa shape index (κ2) is 5.60. The number of methoxy groups -OCH3 is 2. The van der Waals surface area contributed by atoms with E-state index < -0.39 is 22.7 Å². The second-order valence-corrected chi connectivity index (χ2v) is 4.47. The van der Waals surface area contributed by atoms with Crippen molar-refractivity contribution in [3.8, 4) is 0 Å². The lowest BCUT2D eigenvalue weighted by molar-refractivity contribution is -0.138. The summed E-state index contributed by atoms with van der Waals surface area (Å²) in [6.45, 7) is 0. The number of carbonyl (C=O) groups excluding carboxylic acids is 2. The first-order valence-electron chi connectivity index (χ1n) is 4.57. The van der Waals surface area contributed by atoms with E-state index in [1.54, 1.807) is 6.08 Å². The van der Waals surface area contributed by atoms with Gasteiger partial charge in [0.2, 0.25) is 0 Å². The third-order valence-corrected chi connectivity index (χ3v) is 3.45. The number of hydrogen-bond acceptors (Lipinski definition) is 5. The molecule has 6 heteroatoms. The van der Waals surface area contributed by atoms with Gasteiger partial charge in [0.1, 0.15) is 4.91 Å². The van der Waals surface area contributed by atoms with Crippen LogP contribution in [0.5, 0.6) is 0 Å². The molecular formula is C10H12O5S. The Bertz CT molecular complexity index is 384. The van der Waals surface area contributed by atoms with Gasteiger partial charge in [-0.25, -0.2) is 9.59 Å². The lowest BCUT2D eigenvalue weighted by Crippen LogP contribution is -2.17. The Morgan fingerprint density at radius 1 is 1.25 bits per heavy atom. The molecule has 0 aromatic rings. The van der Waals surface area contributed by atoms with Gasteiger partial charge < -0.3 is 9.47 Å². The number of carbonyl (C=O) groups is 2. The summed E-state index contributed by atoms with van der Waals surface area (Å²) in [5, 5.41) is 0. The average molecular weight is 244 g/mol. The summed E-state index contributed by atoms with van der Waals surface area (Å²) in [5.41, 5.74) is 0.00480. The van der Waals surface area contributed by atoms with Crippen molar-refractivity contribution in [3.05, 3.63) is 22.6 Å². The number of allylic oxidation sites excluding steroid dienone is 1. The zero-order chi connectivity index (χ0) is 12.1. The topological polar surface area (TPSA) is 69.7 Å². The standard InChI is InChI=1S/C10H12O5S/c1-14-9(11)7-5-3-4-6-16(13)8(7)10(12)15-2/h3,5H,4,6H2,1-2H3. The minimum absolute atomic E-state index is 0.00480. The summed E-state index contributed by atoms with van der Waals surface area (Å²) in [7, 11) is 0.841. The first kappa shape index (κ1) is 12.6. The molecule has 0 aliphatic carbocycles. The highest BCUT2D eigenvalue weighted by Gasteiger charge is 2.27. The van der Waals surface area contributed by atoms with Crippen LogP contribution < -0.4 is 0 Å². The Morgan fingerprint density at radius 2 is 1.88 bits per heavy atom. The van der Waals surface area contributed by atoms with Crippen LogP contribution >= 0.6 is 0 Å². The van der Waals surface area contributed by atoms with Gasteiger partial charge in [-0.1, -0.05) is 12.2 Å². The van der Waals surface area contributed by atoms with Crippen molar-refractivity contribution < 1.29 is 23.3 Å². The van der Waals surface area contributed by atoms with Crippen molar-refractivity contribution in [2.24, 2.45) is 0 Å². The van der Waals surface area contributed by atoms with E-state index in [0.29, 0.717) is 12.2 Å². The highest BCUT2D eigenvalue weighted by molar-refractivity contribution is 7.90. The van der Waals surface area contributed by atoms with Crippen LogP contribution in [0, 0.1) is 0 Å². The zero-order valence-corrected chi connectivity index (χ0v) is 9.83. The van der Waals surface area contributed by atoms with Gasteiger partial charge in [0, 0.05) is 5.75 Å². The van der Waals surface area contributed by atoms with Crippen LogP contribution in [0.1, 0.15) is 6.42 Å². The largest absolute Gasteiger partial charge is 0.465 e. The molecule has 0 aromatic heterocycles. The smallest absolute Gasteiger partial charge is 0.347 e. The maximum absolute atomic E-state index is 11.8. The summed E-state index contributed by atoms with van der Waals surface area (Å²) in [4.78, 5) is 22.7. The second-order valence-electron chi connectivity index (χ2n) is 2.97. The molecule has 0 radical (unpaired) electrons. The predicted molar refractivity (Wildman–Crippen MR) is 57.8 cm³/mol. The molecular weight excluding hydrogens is 232 g/mol. The molecule has 0 bridgehead atoms. The average Bonchev–Trinajstić information content (AvgIpc) is 2.49. The summed E-state index contributed by atoms with van der Waals surface area (Å²) in [6.07, 6.45) is 3.66. The number of esters is 2. The third-order valence-electron chi connectivity index (χ3n) is 2.00. The molecule has 0 saturated heterocycles. The van der Waals surface area contributed by atoms with Crippen molar-refractivity contribution in [1.82, 2.24) is 0 Å². The van der Waals surface area contributed by atoms with Gasteiger partial charge in [0.15, 0.2) is 0 Å². The molecule has 0 amide bonds. The Hall–Kier alpha value is -1.43. The van der Waals surface area contributed by atoms with E-state index in [1.807, 2.05) is 0 Å². The molecule has 1 heterocycles. The van der Waals surface area contributed by atoms with Crippen molar-refractivity contribution in [1.29, 1.82) is 0 Å². The van der Waals surface area contributed by atoms with E-state index in [4.69, 9.17) is 0 Å². The van der Waals surface area contributed by atoms with Gasteiger partial charge in [0.05, 0.1) is 30.6 Å². The minimum Gasteiger partial charge on any atom is -0.465 e. The highest BCUT2D eigenvalue weighted by Crippen LogP contribution is 2.18. The fourth-order valence-electron chi connectivity index (χ4n) is 1.24. The highest BCUT2D eigenvalue weighted by atomic mass is 32.2. The van der Waals surface area contributed by atoms with E-state index in [-0.39, 0.29) is 10.5 Å². The Morgan fingerprint density at radius 3 is 2.44 bits per heavy atom. The molecule has 0 fully saturated rings. The molecule has 1 unspecified atom stereocenters. The minimum atomic E-state index is -1.54. The molecule has 1 aliphatic rings. The zero-order valence-electron chi connectivity index (χ0n) is 9.02. The third kappa shape index (κ3) is 2.57.